The van der Waals surface area contributed by atoms with Crippen LogP contribution in [0.25, 0.3) is 0 Å². The van der Waals surface area contributed by atoms with E-state index in [1.165, 1.54) is 5.56 Å². The highest BCUT2D eigenvalue weighted by atomic mass is 32.1. The summed E-state index contributed by atoms with van der Waals surface area (Å²) in [6, 6.07) is 6.47. The molecule has 112 valence electrons. The van der Waals surface area contributed by atoms with E-state index in [-0.39, 0.29) is 0 Å². The zero-order chi connectivity index (χ0) is 14.5. The molecule has 1 aromatic carbocycles. The van der Waals surface area contributed by atoms with Gasteiger partial charge in [-0.3, -0.25) is 0 Å². The lowest BCUT2D eigenvalue weighted by Crippen LogP contribution is -2.20. The molecule has 0 aliphatic carbocycles. The monoisotopic (exact) mass is 304 g/mol. The fourth-order valence-electron chi connectivity index (χ4n) is 2.37. The number of nitrogens with zero attached hydrogens (tertiary/aromatic N) is 1. The Morgan fingerprint density at radius 3 is 2.90 bits per heavy atom. The van der Waals surface area contributed by atoms with Crippen LogP contribution in [0.5, 0.6) is 11.5 Å². The maximum absolute atomic E-state index is 5.73. The molecule has 1 aliphatic heterocycles. The lowest BCUT2D eigenvalue weighted by molar-refractivity contribution is 0.297. The minimum absolute atomic E-state index is 0.306. The average Bonchev–Trinajstić information content (AvgIpc) is 2.93. The summed E-state index contributed by atoms with van der Waals surface area (Å²) < 4.78 is 11.4. The maximum atomic E-state index is 5.73. The van der Waals surface area contributed by atoms with Gasteiger partial charge < -0.3 is 14.8 Å². The molecule has 1 N–H and O–H groups in total. The van der Waals surface area contributed by atoms with E-state index in [1.54, 1.807) is 11.3 Å². The summed E-state index contributed by atoms with van der Waals surface area (Å²) in [6.07, 6.45) is 3.82. The fraction of sp³-hybridized carbons (Fsp3) is 0.438. The van der Waals surface area contributed by atoms with Crippen LogP contribution in [-0.2, 0) is 6.54 Å². The van der Waals surface area contributed by atoms with Crippen molar-refractivity contribution in [2.45, 2.75) is 32.4 Å². The largest absolute Gasteiger partial charge is 0.490 e. The molecule has 0 saturated carbocycles. The molecule has 0 spiro atoms. The zero-order valence-electron chi connectivity index (χ0n) is 12.2. The van der Waals surface area contributed by atoms with Gasteiger partial charge in [-0.1, -0.05) is 13.0 Å². The molecule has 3 rings (SSSR count). The Morgan fingerprint density at radius 1 is 1.29 bits per heavy atom. The normalized spacial score (nSPS) is 15.5. The van der Waals surface area contributed by atoms with Gasteiger partial charge in [0, 0.05) is 24.5 Å². The van der Waals surface area contributed by atoms with E-state index in [9.17, 15) is 0 Å². The van der Waals surface area contributed by atoms with Gasteiger partial charge in [-0.25, -0.2) is 4.98 Å². The van der Waals surface area contributed by atoms with E-state index < -0.39 is 0 Å². The molecule has 0 fully saturated rings. The van der Waals surface area contributed by atoms with Crippen molar-refractivity contribution in [2.24, 2.45) is 0 Å². The Balaban J connectivity index is 1.66. The first-order valence-corrected chi connectivity index (χ1v) is 8.26. The van der Waals surface area contributed by atoms with Crippen molar-refractivity contribution in [1.29, 1.82) is 0 Å². The molecule has 1 aromatic heterocycles. The van der Waals surface area contributed by atoms with Crippen molar-refractivity contribution in [3.63, 3.8) is 0 Å². The number of rotatable bonds is 5. The van der Waals surface area contributed by atoms with Crippen LogP contribution in [0.4, 0.5) is 0 Å². The van der Waals surface area contributed by atoms with E-state index in [0.717, 1.165) is 49.1 Å². The van der Waals surface area contributed by atoms with Gasteiger partial charge in [0.2, 0.25) is 0 Å². The van der Waals surface area contributed by atoms with E-state index in [2.05, 4.69) is 29.4 Å². The van der Waals surface area contributed by atoms with Crippen LogP contribution in [0.15, 0.2) is 29.8 Å². The summed E-state index contributed by atoms with van der Waals surface area (Å²) >= 11 is 1.70. The Hall–Kier alpha value is -1.59. The van der Waals surface area contributed by atoms with Gasteiger partial charge in [0.1, 0.15) is 5.01 Å². The number of benzene rings is 1. The molecule has 4 nitrogen and oxygen atoms in total. The van der Waals surface area contributed by atoms with Gasteiger partial charge in [-0.2, -0.15) is 0 Å². The van der Waals surface area contributed by atoms with Gasteiger partial charge in [0.05, 0.1) is 19.3 Å². The van der Waals surface area contributed by atoms with Crippen molar-refractivity contribution in [3.05, 3.63) is 40.3 Å². The maximum Gasteiger partial charge on any atom is 0.161 e. The highest BCUT2D eigenvalue weighted by Gasteiger charge is 2.13. The third-order valence-electron chi connectivity index (χ3n) is 3.52. The smallest absolute Gasteiger partial charge is 0.161 e. The lowest BCUT2D eigenvalue weighted by atomic mass is 10.1. The summed E-state index contributed by atoms with van der Waals surface area (Å²) in [4.78, 5) is 4.39. The summed E-state index contributed by atoms with van der Waals surface area (Å²) in [7, 11) is 0. The molecule has 0 bridgehead atoms. The van der Waals surface area contributed by atoms with Crippen molar-refractivity contribution in [1.82, 2.24) is 10.3 Å². The van der Waals surface area contributed by atoms with Gasteiger partial charge in [-0.05, 0) is 24.1 Å². The van der Waals surface area contributed by atoms with E-state index in [0.29, 0.717) is 6.04 Å². The Labute approximate surface area is 129 Å². The molecule has 2 heterocycles. The number of hydrogen-bond acceptors (Lipinski definition) is 5. The van der Waals surface area contributed by atoms with E-state index in [4.69, 9.17) is 9.47 Å². The molecule has 2 aromatic rings. The second kappa shape index (κ2) is 6.91. The molecule has 0 radical (unpaired) electrons. The van der Waals surface area contributed by atoms with E-state index in [1.807, 2.05) is 17.6 Å². The molecule has 0 amide bonds. The number of aromatic nitrogens is 1. The van der Waals surface area contributed by atoms with Crippen molar-refractivity contribution < 1.29 is 9.47 Å². The molecule has 5 heteroatoms. The predicted octanol–water partition coefficient (Wildman–Crippen LogP) is 3.55. The molecule has 1 aliphatic rings. The number of hydrogen-bond donors (Lipinski definition) is 1. The highest BCUT2D eigenvalue weighted by molar-refractivity contribution is 7.09. The zero-order valence-corrected chi connectivity index (χ0v) is 13.0. The first-order chi connectivity index (χ1) is 10.4. The summed E-state index contributed by atoms with van der Waals surface area (Å²) in [6.45, 7) is 4.43. The molecule has 0 saturated heterocycles. The SMILES string of the molecule is CCC(NCc1ccc2c(c1)OCCCO2)c1nccs1. The van der Waals surface area contributed by atoms with Crippen LogP contribution >= 0.6 is 11.3 Å². The van der Waals surface area contributed by atoms with Crippen molar-refractivity contribution >= 4 is 11.3 Å². The average molecular weight is 304 g/mol. The first kappa shape index (κ1) is 14.4. The quantitative estimate of drug-likeness (QED) is 0.917. The summed E-state index contributed by atoms with van der Waals surface area (Å²) in [5.74, 6) is 1.71. The first-order valence-electron chi connectivity index (χ1n) is 7.38. The Bertz CT molecular complexity index is 572. The van der Waals surface area contributed by atoms with Crippen LogP contribution < -0.4 is 14.8 Å². The molecule has 1 unspecified atom stereocenters. The second-order valence-corrected chi connectivity index (χ2v) is 5.97. The number of thiazole rings is 1. The van der Waals surface area contributed by atoms with Crippen LogP contribution in [-0.4, -0.2) is 18.2 Å². The van der Waals surface area contributed by atoms with Crippen LogP contribution in [0.3, 0.4) is 0 Å². The molecular formula is C16H20N2O2S. The van der Waals surface area contributed by atoms with Crippen molar-refractivity contribution in [2.75, 3.05) is 13.2 Å². The molecular weight excluding hydrogens is 284 g/mol. The van der Waals surface area contributed by atoms with Gasteiger partial charge in [0.25, 0.3) is 0 Å². The third-order valence-corrected chi connectivity index (χ3v) is 4.41. The number of nitrogens with one attached hydrogen (secondary N) is 1. The van der Waals surface area contributed by atoms with Crippen molar-refractivity contribution in [3.8, 4) is 11.5 Å². The minimum atomic E-state index is 0.306. The predicted molar refractivity (Wildman–Crippen MR) is 84.0 cm³/mol. The number of ether oxygens (including phenoxy) is 2. The minimum Gasteiger partial charge on any atom is -0.490 e. The lowest BCUT2D eigenvalue weighted by Gasteiger charge is -2.15. The molecule has 21 heavy (non-hydrogen) atoms. The second-order valence-electron chi connectivity index (χ2n) is 5.04. The standard InChI is InChI=1S/C16H20N2O2S/c1-2-13(16-17-6-9-21-16)18-11-12-4-5-14-15(10-12)20-8-3-7-19-14/h4-6,9-10,13,18H,2-3,7-8,11H2,1H3. The topological polar surface area (TPSA) is 43.4 Å². The van der Waals surface area contributed by atoms with Crippen LogP contribution in [0, 0.1) is 0 Å². The van der Waals surface area contributed by atoms with Crippen LogP contribution in [0.2, 0.25) is 0 Å². The summed E-state index contributed by atoms with van der Waals surface area (Å²) in [5.41, 5.74) is 1.20. The van der Waals surface area contributed by atoms with E-state index >= 15 is 0 Å². The number of fused-ring (bicyclic) bond motifs is 1. The van der Waals surface area contributed by atoms with Gasteiger partial charge in [-0.15, -0.1) is 11.3 Å². The Morgan fingerprint density at radius 2 is 2.14 bits per heavy atom. The third kappa shape index (κ3) is 3.54. The van der Waals surface area contributed by atoms with Crippen LogP contribution in [0.1, 0.15) is 36.4 Å². The van der Waals surface area contributed by atoms with Gasteiger partial charge in [0.15, 0.2) is 11.5 Å². The summed E-state index contributed by atoms with van der Waals surface area (Å²) in [5, 5.41) is 6.73. The Kier molecular flexibility index (Phi) is 4.72. The molecule has 1 atom stereocenters. The fourth-order valence-corrected chi connectivity index (χ4v) is 3.17. The highest BCUT2D eigenvalue weighted by Crippen LogP contribution is 2.30. The van der Waals surface area contributed by atoms with Gasteiger partial charge >= 0.3 is 0 Å².